The van der Waals surface area contributed by atoms with Gasteiger partial charge in [0.2, 0.25) is 5.91 Å². The smallest absolute Gasteiger partial charge is 0.306 e. The van der Waals surface area contributed by atoms with Gasteiger partial charge < -0.3 is 9.08 Å². The average molecular weight is 372 g/mol. The Hall–Kier alpha value is -1.27. The number of amides is 1. The molecule has 3 rings (SSSR count). The first-order chi connectivity index (χ1) is 11.3. The van der Waals surface area contributed by atoms with E-state index in [4.69, 9.17) is 15.8 Å². The highest BCUT2D eigenvalue weighted by atomic mass is 35.5. The van der Waals surface area contributed by atoms with Crippen LogP contribution < -0.4 is 4.18 Å². The van der Waals surface area contributed by atoms with Crippen molar-refractivity contribution in [2.75, 3.05) is 12.8 Å². The second-order valence-electron chi connectivity index (χ2n) is 6.83. The maximum atomic E-state index is 12.7. The van der Waals surface area contributed by atoms with Crippen LogP contribution in [0.5, 0.6) is 5.75 Å². The molecule has 0 radical (unpaired) electrons. The van der Waals surface area contributed by atoms with Gasteiger partial charge in [0.05, 0.1) is 6.26 Å². The lowest BCUT2D eigenvalue weighted by Crippen LogP contribution is -2.39. The fraction of sp³-hybridized carbons (Fsp3) is 0.588. The summed E-state index contributed by atoms with van der Waals surface area (Å²) in [6, 6.07) is 4.81. The van der Waals surface area contributed by atoms with Gasteiger partial charge in [0, 0.05) is 29.6 Å². The van der Waals surface area contributed by atoms with E-state index in [1.54, 1.807) is 18.2 Å². The molecule has 132 valence electrons. The SMILES string of the molecule is CS(=O)(=O)Oc1ccc(Cl)cc1CN(CC1CC1)C(=O)C1CCC1. The van der Waals surface area contributed by atoms with Crippen molar-refractivity contribution in [2.24, 2.45) is 11.8 Å². The Morgan fingerprint density at radius 1 is 1.29 bits per heavy atom. The van der Waals surface area contributed by atoms with E-state index in [1.165, 1.54) is 0 Å². The summed E-state index contributed by atoms with van der Waals surface area (Å²) in [5.41, 5.74) is 0.626. The van der Waals surface area contributed by atoms with Crippen molar-refractivity contribution < 1.29 is 17.4 Å². The molecule has 24 heavy (non-hydrogen) atoms. The van der Waals surface area contributed by atoms with Crippen LogP contribution in [0.2, 0.25) is 5.02 Å². The molecule has 7 heteroatoms. The van der Waals surface area contributed by atoms with Gasteiger partial charge in [-0.2, -0.15) is 8.42 Å². The molecule has 0 atom stereocenters. The minimum absolute atomic E-state index is 0.113. The van der Waals surface area contributed by atoms with E-state index in [0.29, 0.717) is 23.0 Å². The minimum atomic E-state index is -3.64. The van der Waals surface area contributed by atoms with Gasteiger partial charge in [-0.3, -0.25) is 4.79 Å². The second-order valence-corrected chi connectivity index (χ2v) is 8.84. The van der Waals surface area contributed by atoms with Crippen molar-refractivity contribution in [1.82, 2.24) is 4.90 Å². The zero-order valence-corrected chi connectivity index (χ0v) is 15.3. The predicted octanol–water partition coefficient (Wildman–Crippen LogP) is 3.22. The molecule has 0 N–H and O–H groups in total. The molecule has 0 aromatic heterocycles. The molecule has 0 heterocycles. The molecule has 2 aliphatic rings. The van der Waals surface area contributed by atoms with E-state index in [0.717, 1.165) is 44.9 Å². The summed E-state index contributed by atoms with van der Waals surface area (Å²) in [5, 5.41) is 0.494. The summed E-state index contributed by atoms with van der Waals surface area (Å²) in [7, 11) is -3.64. The van der Waals surface area contributed by atoms with E-state index < -0.39 is 10.1 Å². The average Bonchev–Trinajstić information content (AvgIpc) is 3.21. The summed E-state index contributed by atoms with van der Waals surface area (Å²) < 4.78 is 28.0. The van der Waals surface area contributed by atoms with Crippen LogP contribution in [0.25, 0.3) is 0 Å². The standard InChI is InChI=1S/C17H22ClNO4S/c1-24(21,22)23-16-8-7-15(18)9-14(16)11-19(10-12-5-6-12)17(20)13-3-2-4-13/h7-9,12-13H,2-6,10-11H2,1H3. The molecule has 1 aromatic carbocycles. The van der Waals surface area contributed by atoms with Crippen LogP contribution in [0.4, 0.5) is 0 Å². The first-order valence-corrected chi connectivity index (χ1v) is 10.5. The Morgan fingerprint density at radius 2 is 2.00 bits per heavy atom. The van der Waals surface area contributed by atoms with Crippen molar-refractivity contribution in [3.8, 4) is 5.75 Å². The van der Waals surface area contributed by atoms with Gasteiger partial charge >= 0.3 is 10.1 Å². The van der Waals surface area contributed by atoms with Crippen LogP contribution in [0.1, 0.15) is 37.7 Å². The van der Waals surface area contributed by atoms with Gasteiger partial charge in [0.15, 0.2) is 0 Å². The van der Waals surface area contributed by atoms with Crippen LogP contribution in [0, 0.1) is 11.8 Å². The van der Waals surface area contributed by atoms with Crippen molar-refractivity contribution in [3.63, 3.8) is 0 Å². The topological polar surface area (TPSA) is 63.7 Å². The third-order valence-corrected chi connectivity index (χ3v) is 5.28. The number of hydrogen-bond donors (Lipinski definition) is 0. The number of nitrogens with zero attached hydrogens (tertiary/aromatic N) is 1. The van der Waals surface area contributed by atoms with E-state index >= 15 is 0 Å². The summed E-state index contributed by atoms with van der Waals surface area (Å²) >= 11 is 6.06. The highest BCUT2D eigenvalue weighted by Gasteiger charge is 2.33. The zero-order valence-electron chi connectivity index (χ0n) is 13.7. The van der Waals surface area contributed by atoms with Gasteiger partial charge in [-0.05, 0) is 49.8 Å². The number of benzene rings is 1. The quantitative estimate of drug-likeness (QED) is 0.690. The Morgan fingerprint density at radius 3 is 2.54 bits per heavy atom. The van der Waals surface area contributed by atoms with Crippen molar-refractivity contribution in [2.45, 2.75) is 38.6 Å². The molecule has 2 fully saturated rings. The minimum Gasteiger partial charge on any atom is -0.382 e. The Kier molecular flexibility index (Phi) is 5.06. The molecule has 1 aromatic rings. The van der Waals surface area contributed by atoms with E-state index in [1.807, 2.05) is 4.90 Å². The van der Waals surface area contributed by atoms with Gasteiger partial charge in [0.1, 0.15) is 5.75 Å². The number of halogens is 1. The van der Waals surface area contributed by atoms with Crippen LogP contribution >= 0.6 is 11.6 Å². The first-order valence-electron chi connectivity index (χ1n) is 8.28. The fourth-order valence-electron chi connectivity index (χ4n) is 2.88. The predicted molar refractivity (Wildman–Crippen MR) is 92.4 cm³/mol. The highest BCUT2D eigenvalue weighted by Crippen LogP contribution is 2.35. The Bertz CT molecular complexity index is 726. The molecule has 0 aliphatic heterocycles. The van der Waals surface area contributed by atoms with Gasteiger partial charge in [-0.15, -0.1) is 0 Å². The normalized spacial score (nSPS) is 18.1. The number of carbonyl (C=O) groups is 1. The fourth-order valence-corrected chi connectivity index (χ4v) is 3.56. The Labute approximate surface area is 148 Å². The van der Waals surface area contributed by atoms with Crippen LogP contribution in [-0.4, -0.2) is 32.0 Å². The summed E-state index contributed by atoms with van der Waals surface area (Å²) in [5.74, 6) is 1.08. The monoisotopic (exact) mass is 371 g/mol. The van der Waals surface area contributed by atoms with Gasteiger partial charge in [-0.1, -0.05) is 18.0 Å². The van der Waals surface area contributed by atoms with E-state index in [2.05, 4.69) is 0 Å². The lowest BCUT2D eigenvalue weighted by atomic mass is 9.84. The van der Waals surface area contributed by atoms with Crippen molar-refractivity contribution >= 4 is 27.6 Å². The molecule has 2 aliphatic carbocycles. The molecule has 2 saturated carbocycles. The van der Waals surface area contributed by atoms with Crippen molar-refractivity contribution in [3.05, 3.63) is 28.8 Å². The maximum Gasteiger partial charge on any atom is 0.306 e. The number of hydrogen-bond acceptors (Lipinski definition) is 4. The Balaban J connectivity index is 1.82. The molecule has 0 saturated heterocycles. The molecule has 0 unspecified atom stereocenters. The third-order valence-electron chi connectivity index (χ3n) is 4.57. The molecule has 0 spiro atoms. The zero-order chi connectivity index (χ0) is 17.3. The third kappa shape index (κ3) is 4.63. The highest BCUT2D eigenvalue weighted by molar-refractivity contribution is 7.86. The first kappa shape index (κ1) is 17.5. The van der Waals surface area contributed by atoms with Gasteiger partial charge in [0.25, 0.3) is 0 Å². The largest absolute Gasteiger partial charge is 0.382 e. The summed E-state index contributed by atoms with van der Waals surface area (Å²) in [6.07, 6.45) is 6.30. The van der Waals surface area contributed by atoms with Crippen LogP contribution in [0.15, 0.2) is 18.2 Å². The summed E-state index contributed by atoms with van der Waals surface area (Å²) in [4.78, 5) is 14.6. The number of carbonyl (C=O) groups excluding carboxylic acids is 1. The molecular formula is C17H22ClNO4S. The maximum absolute atomic E-state index is 12.7. The summed E-state index contributed by atoms with van der Waals surface area (Å²) in [6.45, 7) is 1.05. The van der Waals surface area contributed by atoms with Crippen LogP contribution in [0.3, 0.4) is 0 Å². The number of rotatable bonds is 7. The molecule has 0 bridgehead atoms. The molecular weight excluding hydrogens is 350 g/mol. The lowest BCUT2D eigenvalue weighted by molar-refractivity contribution is -0.139. The molecule has 5 nitrogen and oxygen atoms in total. The van der Waals surface area contributed by atoms with E-state index in [9.17, 15) is 13.2 Å². The van der Waals surface area contributed by atoms with Crippen LogP contribution in [-0.2, 0) is 21.5 Å². The van der Waals surface area contributed by atoms with Crippen molar-refractivity contribution in [1.29, 1.82) is 0 Å². The van der Waals surface area contributed by atoms with Gasteiger partial charge in [-0.25, -0.2) is 0 Å². The lowest BCUT2D eigenvalue weighted by Gasteiger charge is -2.32. The molecule has 1 amide bonds. The second kappa shape index (κ2) is 6.92. The van der Waals surface area contributed by atoms with E-state index in [-0.39, 0.29) is 17.6 Å².